The van der Waals surface area contributed by atoms with E-state index < -0.39 is 16.1 Å². The predicted octanol–water partition coefficient (Wildman–Crippen LogP) is 2.78. The summed E-state index contributed by atoms with van der Waals surface area (Å²) in [5, 5.41) is 9.00. The third-order valence-electron chi connectivity index (χ3n) is 3.03. The van der Waals surface area contributed by atoms with Gasteiger partial charge in [-0.1, -0.05) is 0 Å². The molecule has 0 bridgehead atoms. The Labute approximate surface area is 131 Å². The summed E-state index contributed by atoms with van der Waals surface area (Å²) < 4.78 is 37.9. The summed E-state index contributed by atoms with van der Waals surface area (Å²) in [7, 11) is -3.78. The minimum Gasteiger partial charge on any atom is -0.466 e. The van der Waals surface area contributed by atoms with Crippen molar-refractivity contribution < 1.29 is 22.4 Å². The number of sulfonamides is 1. The fourth-order valence-electron chi connectivity index (χ4n) is 2.10. The number of aliphatic hydroxyl groups excluding tert-OH is 1. The van der Waals surface area contributed by atoms with Crippen LogP contribution in [0.5, 0.6) is 0 Å². The summed E-state index contributed by atoms with van der Waals surface area (Å²) in [5.41, 5.74) is 0.776. The van der Waals surface area contributed by atoms with E-state index in [1.165, 1.54) is 6.07 Å². The molecular formula is C13H16BrNO5S. The molecule has 116 valence electrons. The first-order valence-corrected chi connectivity index (χ1v) is 8.50. The molecule has 8 heteroatoms. The van der Waals surface area contributed by atoms with Gasteiger partial charge in [0.1, 0.15) is 28.8 Å². The van der Waals surface area contributed by atoms with Crippen LogP contribution in [-0.4, -0.2) is 13.5 Å². The van der Waals surface area contributed by atoms with Crippen LogP contribution < -0.4 is 4.72 Å². The zero-order valence-electron chi connectivity index (χ0n) is 11.8. The smallest absolute Gasteiger partial charge is 0.245 e. The largest absolute Gasteiger partial charge is 0.466 e. The average molecular weight is 378 g/mol. The minimum absolute atomic E-state index is 0.0451. The van der Waals surface area contributed by atoms with Crippen LogP contribution in [0, 0.1) is 13.8 Å². The van der Waals surface area contributed by atoms with Gasteiger partial charge in [-0.2, -0.15) is 0 Å². The van der Waals surface area contributed by atoms with Gasteiger partial charge in [-0.25, -0.2) is 13.1 Å². The molecule has 0 aliphatic carbocycles. The molecule has 0 amide bonds. The fourth-order valence-corrected chi connectivity index (χ4v) is 4.32. The van der Waals surface area contributed by atoms with E-state index >= 15 is 0 Å². The van der Waals surface area contributed by atoms with Crippen molar-refractivity contribution in [3.63, 3.8) is 0 Å². The number of aliphatic hydroxyl groups is 1. The lowest BCUT2D eigenvalue weighted by Crippen LogP contribution is -2.27. The Morgan fingerprint density at radius 3 is 2.48 bits per heavy atom. The van der Waals surface area contributed by atoms with Gasteiger partial charge in [-0.3, -0.25) is 0 Å². The average Bonchev–Trinajstić information content (AvgIpc) is 2.91. The van der Waals surface area contributed by atoms with Crippen molar-refractivity contribution in [2.75, 3.05) is 0 Å². The van der Waals surface area contributed by atoms with Gasteiger partial charge in [0.05, 0.1) is 0 Å². The van der Waals surface area contributed by atoms with E-state index in [2.05, 4.69) is 20.7 Å². The van der Waals surface area contributed by atoms with E-state index in [9.17, 15) is 8.42 Å². The van der Waals surface area contributed by atoms with E-state index in [4.69, 9.17) is 13.9 Å². The van der Waals surface area contributed by atoms with E-state index in [0.29, 0.717) is 5.76 Å². The standard InChI is InChI=1S/C13H16BrNO5S/c1-7-4-11(9(3)19-7)8(2)15-21(17,18)12-5-10(6-16)20-13(12)14/h4-5,8,15-16H,6H2,1-3H3. The van der Waals surface area contributed by atoms with Crippen LogP contribution in [0.1, 0.15) is 35.8 Å². The number of furan rings is 2. The number of aryl methyl sites for hydroxylation is 2. The summed E-state index contributed by atoms with van der Waals surface area (Å²) in [6.07, 6.45) is 0. The maximum absolute atomic E-state index is 12.4. The van der Waals surface area contributed by atoms with Gasteiger partial charge in [-0.05, 0) is 42.8 Å². The van der Waals surface area contributed by atoms with Gasteiger partial charge in [0.15, 0.2) is 4.67 Å². The highest BCUT2D eigenvalue weighted by molar-refractivity contribution is 9.10. The van der Waals surface area contributed by atoms with Crippen molar-refractivity contribution in [3.05, 3.63) is 39.6 Å². The number of halogens is 1. The van der Waals surface area contributed by atoms with Crippen LogP contribution in [0.25, 0.3) is 0 Å². The lowest BCUT2D eigenvalue weighted by molar-refractivity contribution is 0.245. The van der Waals surface area contributed by atoms with E-state index in [-0.39, 0.29) is 21.9 Å². The van der Waals surface area contributed by atoms with E-state index in [1.54, 1.807) is 26.8 Å². The van der Waals surface area contributed by atoms with Crippen LogP contribution >= 0.6 is 15.9 Å². The molecule has 2 aromatic heterocycles. The Kier molecular flexibility index (Phi) is 4.62. The Bertz CT molecular complexity index is 747. The molecule has 2 rings (SSSR count). The zero-order valence-corrected chi connectivity index (χ0v) is 14.2. The van der Waals surface area contributed by atoms with Gasteiger partial charge >= 0.3 is 0 Å². The first-order chi connectivity index (χ1) is 9.74. The van der Waals surface area contributed by atoms with Gasteiger partial charge in [-0.15, -0.1) is 0 Å². The Hall–Kier alpha value is -1.09. The topological polar surface area (TPSA) is 92.7 Å². The van der Waals surface area contributed by atoms with Crippen LogP contribution in [0.3, 0.4) is 0 Å². The number of hydrogen-bond donors (Lipinski definition) is 2. The summed E-state index contributed by atoms with van der Waals surface area (Å²) in [5.74, 6) is 1.57. The molecule has 0 fully saturated rings. The molecule has 0 saturated carbocycles. The highest BCUT2D eigenvalue weighted by Gasteiger charge is 2.26. The van der Waals surface area contributed by atoms with Crippen LogP contribution in [0.2, 0.25) is 0 Å². The normalized spacial score (nSPS) is 13.6. The lowest BCUT2D eigenvalue weighted by atomic mass is 10.1. The van der Waals surface area contributed by atoms with Crippen LogP contribution in [0.4, 0.5) is 0 Å². The molecule has 21 heavy (non-hydrogen) atoms. The van der Waals surface area contributed by atoms with Crippen molar-refractivity contribution in [2.45, 2.75) is 38.3 Å². The molecule has 0 aliphatic heterocycles. The zero-order chi connectivity index (χ0) is 15.8. The Morgan fingerprint density at radius 1 is 1.33 bits per heavy atom. The lowest BCUT2D eigenvalue weighted by Gasteiger charge is -2.12. The number of rotatable bonds is 5. The van der Waals surface area contributed by atoms with Gasteiger partial charge in [0.2, 0.25) is 10.0 Å². The minimum atomic E-state index is -3.78. The number of nitrogens with one attached hydrogen (secondary N) is 1. The molecule has 0 aromatic carbocycles. The summed E-state index contributed by atoms with van der Waals surface area (Å²) in [6, 6.07) is 2.63. The molecule has 2 heterocycles. The second-order valence-corrected chi connectivity index (χ2v) is 7.12. The molecular weight excluding hydrogens is 362 g/mol. The maximum Gasteiger partial charge on any atom is 0.245 e. The highest BCUT2D eigenvalue weighted by atomic mass is 79.9. The van der Waals surface area contributed by atoms with Crippen LogP contribution in [-0.2, 0) is 16.6 Å². The van der Waals surface area contributed by atoms with E-state index in [0.717, 1.165) is 11.3 Å². The SMILES string of the molecule is Cc1cc(C(C)NS(=O)(=O)c2cc(CO)oc2Br)c(C)o1. The number of hydrogen-bond acceptors (Lipinski definition) is 5. The highest BCUT2D eigenvalue weighted by Crippen LogP contribution is 2.28. The van der Waals surface area contributed by atoms with Crippen molar-refractivity contribution in [2.24, 2.45) is 0 Å². The first kappa shape index (κ1) is 16.3. The molecule has 0 saturated heterocycles. The summed E-state index contributed by atoms with van der Waals surface area (Å²) >= 11 is 3.04. The first-order valence-electron chi connectivity index (χ1n) is 6.23. The van der Waals surface area contributed by atoms with Crippen LogP contribution in [0.15, 0.2) is 30.5 Å². The Morgan fingerprint density at radius 2 is 2.00 bits per heavy atom. The van der Waals surface area contributed by atoms with Crippen molar-refractivity contribution in [3.8, 4) is 0 Å². The van der Waals surface area contributed by atoms with Crippen molar-refractivity contribution in [1.82, 2.24) is 4.72 Å². The second-order valence-electron chi connectivity index (χ2n) is 4.72. The van der Waals surface area contributed by atoms with Crippen molar-refractivity contribution in [1.29, 1.82) is 0 Å². The molecule has 0 radical (unpaired) electrons. The van der Waals surface area contributed by atoms with Gasteiger partial charge < -0.3 is 13.9 Å². The Balaban J connectivity index is 2.28. The molecule has 1 unspecified atom stereocenters. The molecule has 6 nitrogen and oxygen atoms in total. The van der Waals surface area contributed by atoms with Crippen molar-refractivity contribution >= 4 is 26.0 Å². The molecule has 0 aliphatic rings. The predicted molar refractivity (Wildman–Crippen MR) is 79.2 cm³/mol. The summed E-state index contributed by atoms with van der Waals surface area (Å²) in [4.78, 5) is -0.0451. The molecule has 0 spiro atoms. The quantitative estimate of drug-likeness (QED) is 0.835. The maximum atomic E-state index is 12.4. The third-order valence-corrected chi connectivity index (χ3v) is 5.43. The second kappa shape index (κ2) is 5.96. The molecule has 2 N–H and O–H groups in total. The third kappa shape index (κ3) is 3.39. The van der Waals surface area contributed by atoms with Gasteiger partial charge in [0.25, 0.3) is 0 Å². The molecule has 1 atom stereocenters. The fraction of sp³-hybridized carbons (Fsp3) is 0.385. The molecule has 2 aromatic rings. The summed E-state index contributed by atoms with van der Waals surface area (Å²) in [6.45, 7) is 4.95. The monoisotopic (exact) mass is 377 g/mol. The van der Waals surface area contributed by atoms with Gasteiger partial charge in [0, 0.05) is 17.7 Å². The van der Waals surface area contributed by atoms with E-state index in [1.807, 2.05) is 0 Å².